The highest BCUT2D eigenvalue weighted by atomic mass is 16.5. The summed E-state index contributed by atoms with van der Waals surface area (Å²) < 4.78 is 4.95. The van der Waals surface area contributed by atoms with Crippen molar-refractivity contribution >= 4 is 17.5 Å². The van der Waals surface area contributed by atoms with Crippen molar-refractivity contribution in [2.75, 3.05) is 32.1 Å². The normalized spacial score (nSPS) is 18.1. The number of nitrogens with zero attached hydrogens (tertiary/aromatic N) is 1. The number of likely N-dealkylation sites (tertiary alicyclic amines) is 1. The first-order chi connectivity index (χ1) is 10.1. The van der Waals surface area contributed by atoms with Gasteiger partial charge in [0.2, 0.25) is 11.8 Å². The molecule has 0 spiro atoms. The fourth-order valence-corrected chi connectivity index (χ4v) is 2.36. The lowest BCUT2D eigenvalue weighted by Crippen LogP contribution is -2.30. The van der Waals surface area contributed by atoms with Gasteiger partial charge in [-0.25, -0.2) is 0 Å². The van der Waals surface area contributed by atoms with Gasteiger partial charge in [0.05, 0.1) is 19.1 Å². The van der Waals surface area contributed by atoms with E-state index < -0.39 is 0 Å². The highest BCUT2D eigenvalue weighted by molar-refractivity contribution is 5.97. The van der Waals surface area contributed by atoms with Crippen molar-refractivity contribution in [2.45, 2.75) is 13.0 Å². The second kappa shape index (κ2) is 7.19. The summed E-state index contributed by atoms with van der Waals surface area (Å²) >= 11 is 0. The van der Waals surface area contributed by atoms with E-state index in [4.69, 9.17) is 9.84 Å². The van der Waals surface area contributed by atoms with Crippen molar-refractivity contribution < 1.29 is 19.4 Å². The number of methoxy groups -OCH3 is 1. The Bertz CT molecular complexity index is 518. The number of carbonyl (C=O) groups excluding carboxylic acids is 2. The zero-order valence-corrected chi connectivity index (χ0v) is 12.0. The molecule has 114 valence electrons. The van der Waals surface area contributed by atoms with Crippen molar-refractivity contribution in [3.63, 3.8) is 0 Å². The number of hydrogen-bond donors (Lipinski definition) is 2. The SMILES string of the molecule is COCCN1CC(C(=O)Nc2cccc(CO)c2)CC1=O. The van der Waals surface area contributed by atoms with Crippen LogP contribution in [0.15, 0.2) is 24.3 Å². The zero-order valence-electron chi connectivity index (χ0n) is 12.0. The molecule has 1 aromatic rings. The molecular formula is C15H20N2O4. The van der Waals surface area contributed by atoms with Crippen molar-refractivity contribution in [2.24, 2.45) is 5.92 Å². The molecule has 1 heterocycles. The van der Waals surface area contributed by atoms with E-state index in [2.05, 4.69) is 5.32 Å². The van der Waals surface area contributed by atoms with Gasteiger partial charge in [-0.3, -0.25) is 9.59 Å². The monoisotopic (exact) mass is 292 g/mol. The van der Waals surface area contributed by atoms with E-state index in [0.29, 0.717) is 25.4 Å². The highest BCUT2D eigenvalue weighted by Crippen LogP contribution is 2.20. The van der Waals surface area contributed by atoms with Gasteiger partial charge >= 0.3 is 0 Å². The van der Waals surface area contributed by atoms with Gasteiger partial charge < -0.3 is 20.1 Å². The number of ether oxygens (including phenoxy) is 1. The summed E-state index contributed by atoms with van der Waals surface area (Å²) in [5.74, 6) is -0.526. The molecule has 0 aliphatic carbocycles. The first-order valence-electron chi connectivity index (χ1n) is 6.91. The minimum atomic E-state index is -0.341. The Morgan fingerprint density at radius 1 is 1.52 bits per heavy atom. The predicted molar refractivity (Wildman–Crippen MR) is 77.6 cm³/mol. The van der Waals surface area contributed by atoms with Crippen LogP contribution in [0.5, 0.6) is 0 Å². The summed E-state index contributed by atoms with van der Waals surface area (Å²) in [6, 6.07) is 7.03. The first kappa shape index (κ1) is 15.5. The summed E-state index contributed by atoms with van der Waals surface area (Å²) in [6.07, 6.45) is 0.231. The highest BCUT2D eigenvalue weighted by Gasteiger charge is 2.33. The number of hydrogen-bond acceptors (Lipinski definition) is 4. The number of nitrogens with one attached hydrogen (secondary N) is 1. The van der Waals surface area contributed by atoms with Gasteiger partial charge in [-0.15, -0.1) is 0 Å². The van der Waals surface area contributed by atoms with Crippen molar-refractivity contribution in [3.8, 4) is 0 Å². The molecule has 2 amide bonds. The van der Waals surface area contributed by atoms with Gasteiger partial charge in [-0.05, 0) is 17.7 Å². The molecule has 6 nitrogen and oxygen atoms in total. The van der Waals surface area contributed by atoms with Crippen LogP contribution in [0, 0.1) is 5.92 Å². The summed E-state index contributed by atoms with van der Waals surface area (Å²) in [5, 5.41) is 11.9. The molecule has 1 aliphatic heterocycles. The number of aliphatic hydroxyl groups excluding tert-OH is 1. The average Bonchev–Trinajstić information content (AvgIpc) is 2.86. The molecule has 1 atom stereocenters. The molecule has 1 unspecified atom stereocenters. The molecule has 0 saturated carbocycles. The summed E-state index contributed by atoms with van der Waals surface area (Å²) in [6.45, 7) is 1.34. The Kier molecular flexibility index (Phi) is 5.30. The molecule has 1 aliphatic rings. The quantitative estimate of drug-likeness (QED) is 0.805. The van der Waals surface area contributed by atoms with Gasteiger partial charge in [-0.2, -0.15) is 0 Å². The van der Waals surface area contributed by atoms with Crippen LogP contribution in [0.3, 0.4) is 0 Å². The lowest BCUT2D eigenvalue weighted by atomic mass is 10.1. The third-order valence-corrected chi connectivity index (χ3v) is 3.53. The van der Waals surface area contributed by atoms with Gasteiger partial charge in [-0.1, -0.05) is 12.1 Å². The molecule has 2 N–H and O–H groups in total. The number of aliphatic hydroxyl groups is 1. The lowest BCUT2D eigenvalue weighted by molar-refractivity contribution is -0.128. The maximum atomic E-state index is 12.2. The van der Waals surface area contributed by atoms with Gasteiger partial charge in [0.1, 0.15) is 0 Å². The molecule has 1 fully saturated rings. The molecule has 2 rings (SSSR count). The minimum Gasteiger partial charge on any atom is -0.392 e. The lowest BCUT2D eigenvalue weighted by Gasteiger charge is -2.16. The molecule has 0 radical (unpaired) electrons. The van der Waals surface area contributed by atoms with Crippen molar-refractivity contribution in [1.29, 1.82) is 0 Å². The zero-order chi connectivity index (χ0) is 15.2. The molecule has 21 heavy (non-hydrogen) atoms. The van der Waals surface area contributed by atoms with Gasteiger partial charge in [0.15, 0.2) is 0 Å². The number of anilines is 1. The van der Waals surface area contributed by atoms with Crippen LogP contribution >= 0.6 is 0 Å². The summed E-state index contributed by atoms with van der Waals surface area (Å²) in [4.78, 5) is 25.7. The Balaban J connectivity index is 1.93. The Hall–Kier alpha value is -1.92. The minimum absolute atomic E-state index is 0.0173. The van der Waals surface area contributed by atoms with E-state index in [1.807, 2.05) is 0 Å². The van der Waals surface area contributed by atoms with Crippen LogP contribution < -0.4 is 5.32 Å². The Labute approximate surface area is 123 Å². The third-order valence-electron chi connectivity index (χ3n) is 3.53. The van der Waals surface area contributed by atoms with E-state index in [9.17, 15) is 9.59 Å². The molecule has 6 heteroatoms. The molecule has 1 saturated heterocycles. The molecule has 1 aromatic carbocycles. The van der Waals surface area contributed by atoms with Crippen LogP contribution in [0.25, 0.3) is 0 Å². The Morgan fingerprint density at radius 2 is 2.33 bits per heavy atom. The van der Waals surface area contributed by atoms with Crippen LogP contribution in [0.1, 0.15) is 12.0 Å². The maximum absolute atomic E-state index is 12.2. The standard InChI is InChI=1S/C15H20N2O4/c1-21-6-5-17-9-12(8-14(17)19)15(20)16-13-4-2-3-11(7-13)10-18/h2-4,7,12,18H,5-6,8-10H2,1H3,(H,16,20). The number of benzene rings is 1. The largest absolute Gasteiger partial charge is 0.392 e. The first-order valence-corrected chi connectivity index (χ1v) is 6.91. The van der Waals surface area contributed by atoms with E-state index in [-0.39, 0.29) is 30.8 Å². The second-order valence-corrected chi connectivity index (χ2v) is 5.08. The molecular weight excluding hydrogens is 272 g/mol. The molecule has 0 aromatic heterocycles. The van der Waals surface area contributed by atoms with E-state index in [1.54, 1.807) is 36.3 Å². The summed E-state index contributed by atoms with van der Waals surface area (Å²) in [7, 11) is 1.58. The fraction of sp³-hybridized carbons (Fsp3) is 0.467. The Morgan fingerprint density at radius 3 is 3.05 bits per heavy atom. The van der Waals surface area contributed by atoms with Crippen LogP contribution in [0.4, 0.5) is 5.69 Å². The average molecular weight is 292 g/mol. The van der Waals surface area contributed by atoms with Crippen LogP contribution in [-0.2, 0) is 20.9 Å². The predicted octanol–water partition coefficient (Wildman–Crippen LogP) is 0.612. The second-order valence-electron chi connectivity index (χ2n) is 5.08. The van der Waals surface area contributed by atoms with Gasteiger partial charge in [0.25, 0.3) is 0 Å². The number of rotatable bonds is 6. The van der Waals surface area contributed by atoms with Crippen LogP contribution in [-0.4, -0.2) is 48.6 Å². The molecule has 0 bridgehead atoms. The number of amides is 2. The smallest absolute Gasteiger partial charge is 0.229 e. The third kappa shape index (κ3) is 4.03. The van der Waals surface area contributed by atoms with Crippen molar-refractivity contribution in [1.82, 2.24) is 4.90 Å². The van der Waals surface area contributed by atoms with Crippen molar-refractivity contribution in [3.05, 3.63) is 29.8 Å². The number of carbonyl (C=O) groups is 2. The van der Waals surface area contributed by atoms with E-state index >= 15 is 0 Å². The van der Waals surface area contributed by atoms with Gasteiger partial charge in [0, 0.05) is 32.3 Å². The van der Waals surface area contributed by atoms with E-state index in [1.165, 1.54) is 0 Å². The van der Waals surface area contributed by atoms with Crippen LogP contribution in [0.2, 0.25) is 0 Å². The topological polar surface area (TPSA) is 78.9 Å². The maximum Gasteiger partial charge on any atom is 0.229 e. The fourth-order valence-electron chi connectivity index (χ4n) is 2.36. The summed E-state index contributed by atoms with van der Waals surface area (Å²) in [5.41, 5.74) is 1.37. The van der Waals surface area contributed by atoms with E-state index in [0.717, 1.165) is 5.56 Å².